The first-order valence-electron chi connectivity index (χ1n) is 10.0. The minimum atomic E-state index is 0.0116. The zero-order valence-electron chi connectivity index (χ0n) is 15.5. The summed E-state index contributed by atoms with van der Waals surface area (Å²) in [6, 6.07) is 0.997. The van der Waals surface area contributed by atoms with E-state index in [0.29, 0.717) is 24.1 Å². The number of rotatable bonds is 7. The van der Waals surface area contributed by atoms with Gasteiger partial charge in [-0.1, -0.05) is 18.6 Å². The number of hydrogen-bond acceptors (Lipinski definition) is 3. The van der Waals surface area contributed by atoms with Crippen LogP contribution < -0.4 is 0 Å². The third kappa shape index (κ3) is 3.56. The molecule has 2 heterocycles. The van der Waals surface area contributed by atoms with Gasteiger partial charge in [0.15, 0.2) is 0 Å². The van der Waals surface area contributed by atoms with Gasteiger partial charge in [-0.3, -0.25) is 9.69 Å². The first-order chi connectivity index (χ1) is 12.1. The van der Waals surface area contributed by atoms with Gasteiger partial charge >= 0.3 is 0 Å². The first kappa shape index (κ1) is 18.7. The van der Waals surface area contributed by atoms with Crippen LogP contribution >= 0.6 is 0 Å². The second kappa shape index (κ2) is 8.05. The van der Waals surface area contributed by atoms with Crippen LogP contribution in [0, 0.1) is 11.3 Å². The Kier molecular flexibility index (Phi) is 6.00. The van der Waals surface area contributed by atoms with Gasteiger partial charge in [-0.2, -0.15) is 0 Å². The van der Waals surface area contributed by atoms with Crippen molar-refractivity contribution in [2.24, 2.45) is 11.3 Å². The van der Waals surface area contributed by atoms with Crippen LogP contribution in [0.4, 0.5) is 0 Å². The molecule has 3 rings (SSSR count). The molecule has 0 radical (unpaired) electrons. The Bertz CT molecular complexity index is 484. The maximum absolute atomic E-state index is 12.8. The Morgan fingerprint density at radius 2 is 1.80 bits per heavy atom. The van der Waals surface area contributed by atoms with Crippen molar-refractivity contribution in [2.45, 2.75) is 63.5 Å². The van der Waals surface area contributed by atoms with Crippen LogP contribution in [0.25, 0.3) is 0 Å². The Morgan fingerprint density at radius 3 is 2.32 bits per heavy atom. The van der Waals surface area contributed by atoms with E-state index in [-0.39, 0.29) is 11.8 Å². The lowest BCUT2D eigenvalue weighted by atomic mass is 9.72. The smallest absolute Gasteiger partial charge is 0.226 e. The highest BCUT2D eigenvalue weighted by Crippen LogP contribution is 2.50. The van der Waals surface area contributed by atoms with E-state index < -0.39 is 0 Å². The minimum Gasteiger partial charge on any atom is -0.395 e. The quantitative estimate of drug-likeness (QED) is 0.721. The number of allylic oxidation sites excluding steroid dienone is 2. The average Bonchev–Trinajstić information content (AvgIpc) is 2.97. The van der Waals surface area contributed by atoms with Crippen molar-refractivity contribution in [3.63, 3.8) is 0 Å². The molecule has 3 fully saturated rings. The van der Waals surface area contributed by atoms with E-state index >= 15 is 0 Å². The van der Waals surface area contributed by atoms with Gasteiger partial charge in [-0.15, -0.1) is 13.2 Å². The highest BCUT2D eigenvalue weighted by Gasteiger charge is 2.50. The molecule has 1 aliphatic carbocycles. The van der Waals surface area contributed by atoms with Crippen molar-refractivity contribution < 1.29 is 9.90 Å². The van der Waals surface area contributed by atoms with Crippen LogP contribution in [0.3, 0.4) is 0 Å². The molecule has 0 bridgehead atoms. The summed E-state index contributed by atoms with van der Waals surface area (Å²) >= 11 is 0. The molecule has 2 unspecified atom stereocenters. The van der Waals surface area contributed by atoms with E-state index in [9.17, 15) is 9.90 Å². The number of aliphatic hydroxyl groups excluding tert-OH is 1. The van der Waals surface area contributed by atoms with Crippen LogP contribution in [0.1, 0.15) is 51.4 Å². The SMILES string of the molecule is C=CCC(CC=C)C(=O)N1CCC2(CCCC2N2CCC2CO)CC1. The lowest BCUT2D eigenvalue weighted by Gasteiger charge is -2.53. The molecular formula is C21H34N2O2. The summed E-state index contributed by atoms with van der Waals surface area (Å²) in [5.41, 5.74) is 0.372. The van der Waals surface area contributed by atoms with Gasteiger partial charge in [0.05, 0.1) is 6.61 Å². The third-order valence-electron chi connectivity index (χ3n) is 6.98. The Labute approximate surface area is 152 Å². The van der Waals surface area contributed by atoms with Gasteiger partial charge in [0, 0.05) is 37.6 Å². The molecule has 4 nitrogen and oxygen atoms in total. The zero-order valence-corrected chi connectivity index (χ0v) is 15.5. The Balaban J connectivity index is 1.61. The number of amides is 1. The molecule has 2 saturated heterocycles. The van der Waals surface area contributed by atoms with E-state index in [1.54, 1.807) is 0 Å². The average molecular weight is 347 g/mol. The zero-order chi connectivity index (χ0) is 17.9. The highest BCUT2D eigenvalue weighted by molar-refractivity contribution is 5.79. The molecular weight excluding hydrogens is 312 g/mol. The van der Waals surface area contributed by atoms with Gasteiger partial charge in [0.2, 0.25) is 5.91 Å². The summed E-state index contributed by atoms with van der Waals surface area (Å²) in [6.45, 7) is 10.8. The normalized spacial score (nSPS) is 29.0. The van der Waals surface area contributed by atoms with Crippen molar-refractivity contribution in [2.75, 3.05) is 26.2 Å². The molecule has 2 atom stereocenters. The molecule has 1 N–H and O–H groups in total. The predicted octanol–water partition coefficient (Wildman–Crippen LogP) is 2.98. The van der Waals surface area contributed by atoms with Crippen LogP contribution in [0.5, 0.6) is 0 Å². The number of hydrogen-bond donors (Lipinski definition) is 1. The molecule has 140 valence electrons. The molecule has 0 aromatic rings. The minimum absolute atomic E-state index is 0.0116. The molecule has 1 saturated carbocycles. The molecule has 3 aliphatic rings. The summed E-state index contributed by atoms with van der Waals surface area (Å²) in [7, 11) is 0. The second-order valence-electron chi connectivity index (χ2n) is 8.20. The summed E-state index contributed by atoms with van der Waals surface area (Å²) in [5.74, 6) is 0.291. The van der Waals surface area contributed by atoms with Gasteiger partial charge in [0.25, 0.3) is 0 Å². The maximum Gasteiger partial charge on any atom is 0.226 e. The van der Waals surface area contributed by atoms with Crippen molar-refractivity contribution in [3.8, 4) is 0 Å². The van der Waals surface area contributed by atoms with E-state index in [0.717, 1.165) is 51.7 Å². The predicted molar refractivity (Wildman–Crippen MR) is 101 cm³/mol. The van der Waals surface area contributed by atoms with Crippen LogP contribution in [0.2, 0.25) is 0 Å². The van der Waals surface area contributed by atoms with Crippen LogP contribution in [-0.2, 0) is 4.79 Å². The lowest BCUT2D eigenvalue weighted by Crippen LogP contribution is -2.60. The van der Waals surface area contributed by atoms with Crippen molar-refractivity contribution in [1.82, 2.24) is 9.80 Å². The standard InChI is InChI=1S/C21H34N2O2/c1-3-6-17(7-4-2)20(25)22-14-11-21(12-15-22)10-5-8-19(21)23-13-9-18(23)16-24/h3-4,17-19,24H,1-2,5-16H2. The van der Waals surface area contributed by atoms with Gasteiger partial charge in [0.1, 0.15) is 0 Å². The van der Waals surface area contributed by atoms with Crippen LogP contribution in [0.15, 0.2) is 25.3 Å². The lowest BCUT2D eigenvalue weighted by molar-refractivity contribution is -0.139. The highest BCUT2D eigenvalue weighted by atomic mass is 16.3. The van der Waals surface area contributed by atoms with Crippen molar-refractivity contribution in [1.29, 1.82) is 0 Å². The fourth-order valence-corrected chi connectivity index (χ4v) is 5.42. The number of aliphatic hydroxyl groups is 1. The molecule has 0 aromatic carbocycles. The Morgan fingerprint density at radius 1 is 1.12 bits per heavy atom. The van der Waals surface area contributed by atoms with E-state index in [1.165, 1.54) is 19.3 Å². The number of piperidine rings is 1. The van der Waals surface area contributed by atoms with Gasteiger partial charge in [-0.25, -0.2) is 0 Å². The molecule has 4 heteroatoms. The number of likely N-dealkylation sites (tertiary alicyclic amines) is 2. The number of nitrogens with zero attached hydrogens (tertiary/aromatic N) is 2. The van der Waals surface area contributed by atoms with Crippen LogP contribution in [-0.4, -0.2) is 59.1 Å². The Hall–Kier alpha value is -1.13. The number of carbonyl (C=O) groups excluding carboxylic acids is 1. The fourth-order valence-electron chi connectivity index (χ4n) is 5.42. The van der Waals surface area contributed by atoms with E-state index in [4.69, 9.17) is 0 Å². The third-order valence-corrected chi connectivity index (χ3v) is 6.98. The molecule has 25 heavy (non-hydrogen) atoms. The second-order valence-corrected chi connectivity index (χ2v) is 8.20. The molecule has 2 aliphatic heterocycles. The first-order valence-corrected chi connectivity index (χ1v) is 10.0. The fraction of sp³-hybridized carbons (Fsp3) is 0.762. The molecule has 1 spiro atoms. The van der Waals surface area contributed by atoms with E-state index in [1.807, 2.05) is 12.2 Å². The van der Waals surface area contributed by atoms with Crippen molar-refractivity contribution >= 4 is 5.91 Å². The van der Waals surface area contributed by atoms with Gasteiger partial charge < -0.3 is 10.0 Å². The maximum atomic E-state index is 12.8. The molecule has 1 amide bonds. The van der Waals surface area contributed by atoms with Gasteiger partial charge in [-0.05, 0) is 50.4 Å². The number of carbonyl (C=O) groups is 1. The summed E-state index contributed by atoms with van der Waals surface area (Å²) < 4.78 is 0. The summed E-state index contributed by atoms with van der Waals surface area (Å²) in [4.78, 5) is 17.5. The topological polar surface area (TPSA) is 43.8 Å². The molecule has 0 aromatic heterocycles. The largest absolute Gasteiger partial charge is 0.395 e. The summed E-state index contributed by atoms with van der Waals surface area (Å²) in [5, 5.41) is 9.57. The monoisotopic (exact) mass is 346 g/mol. The summed E-state index contributed by atoms with van der Waals surface area (Å²) in [6.07, 6.45) is 12.4. The van der Waals surface area contributed by atoms with E-state index in [2.05, 4.69) is 23.0 Å². The van der Waals surface area contributed by atoms with Crippen molar-refractivity contribution in [3.05, 3.63) is 25.3 Å².